The molecule has 2 N–H and O–H groups in total. The first kappa shape index (κ1) is 24.9. The maximum Gasteiger partial charge on any atom is 0.303 e. The number of rotatable bonds is 11. The molecule has 0 unspecified atom stereocenters. The van der Waals surface area contributed by atoms with Crippen LogP contribution in [0.1, 0.15) is 64.7 Å². The summed E-state index contributed by atoms with van der Waals surface area (Å²) in [5, 5.41) is 16.1. The predicted octanol–water partition coefficient (Wildman–Crippen LogP) is 0.00300. The number of aromatic nitrogens is 2. The molecule has 1 aromatic rings. The summed E-state index contributed by atoms with van der Waals surface area (Å²) in [5.41, 5.74) is 0. The average molecular weight is 407 g/mol. The molecule has 0 aliphatic heterocycles. The molecule has 0 aliphatic carbocycles. The Kier molecular flexibility index (Phi) is 17.1. The van der Waals surface area contributed by atoms with Crippen LogP contribution < -0.4 is 21.5 Å². The number of imidazole rings is 1. The zero-order valence-electron chi connectivity index (χ0n) is 14.8. The van der Waals surface area contributed by atoms with Crippen LogP contribution in [-0.2, 0) is 23.2 Å². The largest absolute Gasteiger partial charge is 1.00 e. The number of hydrogen-bond acceptors (Lipinski definition) is 2. The van der Waals surface area contributed by atoms with Gasteiger partial charge in [-0.3, -0.25) is 9.59 Å². The molecule has 0 saturated heterocycles. The summed E-state index contributed by atoms with van der Waals surface area (Å²) in [6.07, 6.45) is 14.7. The van der Waals surface area contributed by atoms with Gasteiger partial charge < -0.3 is 27.2 Å². The Morgan fingerprint density at radius 2 is 1.50 bits per heavy atom. The lowest BCUT2D eigenvalue weighted by atomic mass is 10.1. The van der Waals surface area contributed by atoms with Crippen molar-refractivity contribution < 1.29 is 41.4 Å². The Balaban J connectivity index is 0. The van der Waals surface area contributed by atoms with Gasteiger partial charge in [-0.15, -0.1) is 0 Å². The number of carboxylic acid groups (broad SMARTS) is 2. The van der Waals surface area contributed by atoms with E-state index < -0.39 is 11.9 Å². The third-order valence-electron chi connectivity index (χ3n) is 3.37. The lowest BCUT2D eigenvalue weighted by Crippen LogP contribution is -3.00. The van der Waals surface area contributed by atoms with Crippen molar-refractivity contribution in [1.82, 2.24) is 4.57 Å². The lowest BCUT2D eigenvalue weighted by Gasteiger charge is -1.98. The van der Waals surface area contributed by atoms with Crippen LogP contribution in [0.3, 0.4) is 0 Å². The monoisotopic (exact) mass is 406 g/mol. The number of carboxylic acids is 2. The Morgan fingerprint density at radius 1 is 0.958 bits per heavy atom. The second kappa shape index (κ2) is 16.5. The molecule has 0 bridgehead atoms. The molecule has 0 atom stereocenters. The first-order valence-electron chi connectivity index (χ1n) is 8.40. The van der Waals surface area contributed by atoms with Gasteiger partial charge in [0.2, 0.25) is 6.33 Å². The molecule has 0 aliphatic rings. The van der Waals surface area contributed by atoms with E-state index in [0.29, 0.717) is 0 Å². The van der Waals surface area contributed by atoms with E-state index in [1.807, 2.05) is 0 Å². The smallest absolute Gasteiger partial charge is 0.303 e. The molecule has 140 valence electrons. The number of aliphatic carboxylic acids is 2. The van der Waals surface area contributed by atoms with Crippen molar-refractivity contribution >= 4 is 11.9 Å². The lowest BCUT2D eigenvalue weighted by molar-refractivity contribution is -0.671. The van der Waals surface area contributed by atoms with Crippen LogP contribution in [0.15, 0.2) is 18.7 Å². The highest BCUT2D eigenvalue weighted by Gasteiger charge is 2.00. The highest BCUT2D eigenvalue weighted by Crippen LogP contribution is 2.05. The fourth-order valence-corrected chi connectivity index (χ4v) is 2.10. The van der Waals surface area contributed by atoms with Crippen molar-refractivity contribution in [3.8, 4) is 0 Å². The van der Waals surface area contributed by atoms with Gasteiger partial charge in [0, 0.05) is 12.8 Å². The summed E-state index contributed by atoms with van der Waals surface area (Å²) in [6, 6.07) is 0. The summed E-state index contributed by atoms with van der Waals surface area (Å²) >= 11 is 0. The quantitative estimate of drug-likeness (QED) is 0.400. The second-order valence-corrected chi connectivity index (χ2v) is 5.73. The summed E-state index contributed by atoms with van der Waals surface area (Å²) in [7, 11) is 2.07. The topological polar surface area (TPSA) is 83.4 Å². The molecule has 0 spiro atoms. The zero-order valence-corrected chi connectivity index (χ0v) is 16.4. The van der Waals surface area contributed by atoms with Gasteiger partial charge in [0.15, 0.2) is 0 Å². The highest BCUT2D eigenvalue weighted by molar-refractivity contribution is 5.69. The van der Waals surface area contributed by atoms with Crippen molar-refractivity contribution in [2.24, 2.45) is 7.05 Å². The molecule has 1 rings (SSSR count). The van der Waals surface area contributed by atoms with Crippen molar-refractivity contribution in [2.75, 3.05) is 0 Å². The Labute approximate surface area is 155 Å². The Hall–Kier alpha value is -1.37. The van der Waals surface area contributed by atoms with Crippen molar-refractivity contribution in [1.29, 1.82) is 0 Å². The summed E-state index contributed by atoms with van der Waals surface area (Å²) in [4.78, 5) is 19.6. The zero-order chi connectivity index (χ0) is 17.5. The minimum absolute atomic E-state index is 0. The number of nitrogens with zero attached hydrogens (tertiary/aromatic N) is 2. The number of unbranched alkanes of at least 4 members (excludes halogenated alkanes) is 5. The minimum atomic E-state index is -0.948. The molecule has 0 fully saturated rings. The van der Waals surface area contributed by atoms with Crippen LogP contribution in [0.4, 0.5) is 0 Å². The number of hydrogen-bond donors (Lipinski definition) is 2. The van der Waals surface area contributed by atoms with Crippen LogP contribution in [0, 0.1) is 0 Å². The molecule has 6 nitrogen and oxygen atoms in total. The van der Waals surface area contributed by atoms with Crippen LogP contribution in [0.2, 0.25) is 0 Å². The Bertz CT molecular complexity index is 436. The van der Waals surface area contributed by atoms with Gasteiger partial charge in [0.25, 0.3) is 0 Å². The van der Waals surface area contributed by atoms with Gasteiger partial charge in [-0.05, 0) is 19.3 Å². The number of carbonyl (C=O) groups is 2. The van der Waals surface area contributed by atoms with Crippen LogP contribution in [0.25, 0.3) is 0 Å². The molecule has 7 heteroatoms. The summed E-state index contributed by atoms with van der Waals surface area (Å²) in [6.45, 7) is 3.44. The molecule has 0 saturated carbocycles. The van der Waals surface area contributed by atoms with Crippen molar-refractivity contribution in [2.45, 2.75) is 71.3 Å². The van der Waals surface area contributed by atoms with Crippen LogP contribution in [0.5, 0.6) is 0 Å². The fourth-order valence-electron chi connectivity index (χ4n) is 2.10. The SMILES string of the molecule is CCCCCCCCn1cc[n+](C)c1.O=C(O)CCCC(=O)O.[Br-]. The molecular weight excluding hydrogens is 376 g/mol. The standard InChI is InChI=1S/C12H23N2.C5H8O4.BrH/c1-3-4-5-6-7-8-9-14-11-10-13(2)12-14;6-4(7)2-1-3-5(8)9;/h10-12H,3-9H2,1-2H3;1-3H2,(H,6,7)(H,8,9);1H/q+1;;/p-1. The molecule has 1 aromatic heterocycles. The van der Waals surface area contributed by atoms with E-state index in [4.69, 9.17) is 10.2 Å². The van der Waals surface area contributed by atoms with Crippen molar-refractivity contribution in [3.63, 3.8) is 0 Å². The summed E-state index contributed by atoms with van der Waals surface area (Å²) in [5.74, 6) is -1.90. The van der Waals surface area contributed by atoms with Gasteiger partial charge in [0.1, 0.15) is 12.4 Å². The van der Waals surface area contributed by atoms with Crippen LogP contribution in [-0.4, -0.2) is 26.7 Å². The predicted molar refractivity (Wildman–Crippen MR) is 88.1 cm³/mol. The molecule has 0 radical (unpaired) electrons. The minimum Gasteiger partial charge on any atom is -1.00 e. The van der Waals surface area contributed by atoms with E-state index >= 15 is 0 Å². The van der Waals surface area contributed by atoms with E-state index in [9.17, 15) is 9.59 Å². The molecule has 1 heterocycles. The van der Waals surface area contributed by atoms with E-state index in [0.717, 1.165) is 0 Å². The Morgan fingerprint density at radius 3 is 1.96 bits per heavy atom. The maximum atomic E-state index is 9.79. The van der Waals surface area contributed by atoms with Gasteiger partial charge in [-0.2, -0.15) is 0 Å². The molecule has 24 heavy (non-hydrogen) atoms. The van der Waals surface area contributed by atoms with Gasteiger partial charge in [-0.25, -0.2) is 9.13 Å². The molecular formula is C17H31BrN2O4. The number of halogens is 1. The first-order chi connectivity index (χ1) is 11.0. The van der Waals surface area contributed by atoms with E-state index in [2.05, 4.69) is 41.8 Å². The van der Waals surface area contributed by atoms with Gasteiger partial charge in [0.05, 0.1) is 13.6 Å². The van der Waals surface area contributed by atoms with Gasteiger partial charge in [-0.1, -0.05) is 32.6 Å². The number of aryl methyl sites for hydroxylation is 2. The normalized spacial score (nSPS) is 9.58. The molecule has 0 amide bonds. The highest BCUT2D eigenvalue weighted by atomic mass is 79.9. The van der Waals surface area contributed by atoms with E-state index in [1.54, 1.807) is 0 Å². The van der Waals surface area contributed by atoms with E-state index in [1.165, 1.54) is 45.1 Å². The summed E-state index contributed by atoms with van der Waals surface area (Å²) < 4.78 is 4.36. The first-order valence-corrected chi connectivity index (χ1v) is 8.40. The fraction of sp³-hybridized carbons (Fsp3) is 0.706. The van der Waals surface area contributed by atoms with Crippen LogP contribution >= 0.6 is 0 Å². The molecule has 0 aromatic carbocycles. The van der Waals surface area contributed by atoms with Gasteiger partial charge >= 0.3 is 11.9 Å². The second-order valence-electron chi connectivity index (χ2n) is 5.73. The average Bonchev–Trinajstić information content (AvgIpc) is 2.88. The maximum absolute atomic E-state index is 9.79. The van der Waals surface area contributed by atoms with E-state index in [-0.39, 0.29) is 36.2 Å². The third-order valence-corrected chi connectivity index (χ3v) is 3.37. The third kappa shape index (κ3) is 17.0. The van der Waals surface area contributed by atoms with Crippen molar-refractivity contribution in [3.05, 3.63) is 18.7 Å².